The van der Waals surface area contributed by atoms with Gasteiger partial charge in [-0.05, 0) is 77.7 Å². The Kier molecular flexibility index (Phi) is 6.01. The van der Waals surface area contributed by atoms with Crippen molar-refractivity contribution in [1.82, 2.24) is 28.5 Å². The van der Waals surface area contributed by atoms with Crippen LogP contribution >= 0.6 is 0 Å². The van der Waals surface area contributed by atoms with E-state index in [2.05, 4.69) is 170 Å². The van der Waals surface area contributed by atoms with Crippen LogP contribution in [0.2, 0.25) is 0 Å². The fourth-order valence-electron chi connectivity index (χ4n) is 7.99. The summed E-state index contributed by atoms with van der Waals surface area (Å²) in [5, 5.41) is 5.90. The zero-order chi connectivity index (χ0) is 34.8. The molecule has 0 unspecified atom stereocenters. The molecule has 0 aliphatic heterocycles. The van der Waals surface area contributed by atoms with Crippen LogP contribution in [0.25, 0.3) is 82.7 Å². The molecule has 0 fully saturated rings. The van der Waals surface area contributed by atoms with Crippen molar-refractivity contribution in [3.05, 3.63) is 133 Å². The topological polar surface area (TPSA) is 52.9 Å². The normalized spacial score (nSPS) is 12.9. The molecule has 10 aromatic rings. The Bertz CT molecular complexity index is 3050. The van der Waals surface area contributed by atoms with Gasteiger partial charge in [-0.2, -0.15) is 0 Å². The van der Waals surface area contributed by atoms with Gasteiger partial charge in [0, 0.05) is 44.2 Å². The smallest absolute Gasteiger partial charge is 0.148 e. The van der Waals surface area contributed by atoms with E-state index in [0.29, 0.717) is 0 Å². The maximum Gasteiger partial charge on any atom is 0.148 e. The summed E-state index contributed by atoms with van der Waals surface area (Å²) in [7, 11) is 0. The molecule has 248 valence electrons. The molecule has 0 radical (unpaired) electrons. The Morgan fingerprint density at radius 2 is 1.12 bits per heavy atom. The molecule has 0 spiro atoms. The van der Waals surface area contributed by atoms with E-state index in [1.54, 1.807) is 0 Å². The van der Waals surface area contributed by atoms with Crippen molar-refractivity contribution in [2.24, 2.45) is 0 Å². The van der Waals surface area contributed by atoms with Crippen LogP contribution in [0.15, 0.2) is 121 Å². The Morgan fingerprint density at radius 3 is 1.82 bits per heavy atom. The van der Waals surface area contributed by atoms with E-state index >= 15 is 0 Å². The zero-order valence-corrected chi connectivity index (χ0v) is 29.7. The van der Waals surface area contributed by atoms with Crippen LogP contribution in [-0.4, -0.2) is 28.5 Å². The van der Waals surface area contributed by atoms with Crippen LogP contribution in [0.4, 0.5) is 0 Å². The van der Waals surface area contributed by atoms with Gasteiger partial charge in [0.1, 0.15) is 17.3 Å². The van der Waals surface area contributed by atoms with Crippen LogP contribution in [-0.2, 0) is 10.8 Å². The number of hydrogen-bond donors (Lipinski definition) is 0. The SMILES string of the molecule is CC(C)(C)c1ccnc(-n2c3ccccc3c3cc4c5ccccc5n(-c5ccc6nc(C(C)(C)C)n7c8ccccc8nc7c6c5)c4cc32)c1. The average Bonchev–Trinajstić information content (AvgIpc) is 3.77. The van der Waals surface area contributed by atoms with Gasteiger partial charge in [-0.3, -0.25) is 8.97 Å². The van der Waals surface area contributed by atoms with Gasteiger partial charge in [0.15, 0.2) is 0 Å². The van der Waals surface area contributed by atoms with Crippen molar-refractivity contribution in [3.63, 3.8) is 0 Å². The summed E-state index contributed by atoms with van der Waals surface area (Å²) >= 11 is 0. The molecule has 51 heavy (non-hydrogen) atoms. The number of rotatable bonds is 2. The predicted octanol–water partition coefficient (Wildman–Crippen LogP) is 11.2. The fourth-order valence-corrected chi connectivity index (χ4v) is 7.99. The summed E-state index contributed by atoms with van der Waals surface area (Å²) in [6.07, 6.45) is 1.94. The Balaban J connectivity index is 1.31. The molecule has 0 saturated carbocycles. The van der Waals surface area contributed by atoms with Crippen LogP contribution < -0.4 is 0 Å². The number of benzene rings is 5. The Morgan fingerprint density at radius 1 is 0.471 bits per heavy atom. The van der Waals surface area contributed by atoms with Crippen molar-refractivity contribution in [2.75, 3.05) is 0 Å². The number of imidazole rings is 1. The Labute approximate surface area is 295 Å². The second kappa shape index (κ2) is 10.3. The molecule has 0 aliphatic carbocycles. The summed E-state index contributed by atoms with van der Waals surface area (Å²) in [6, 6.07) is 41.6. The standard InChI is InChI=1S/C45H38N6/c1-44(2,3)27-21-22-46-41(23-27)50-37-17-11-8-14-30(37)32-25-31-29-13-7-10-16-36(29)49(39(31)26-40(32)50)28-19-20-34-33(24-28)42-47-35-15-9-12-18-38(35)51(42)43(48-34)45(4,5)6/h7-26H,1-6H3. The van der Waals surface area contributed by atoms with E-state index < -0.39 is 0 Å². The lowest BCUT2D eigenvalue weighted by atomic mass is 9.88. The zero-order valence-electron chi connectivity index (χ0n) is 29.7. The highest BCUT2D eigenvalue weighted by Gasteiger charge is 2.25. The second-order valence-corrected chi connectivity index (χ2v) is 15.9. The third-order valence-corrected chi connectivity index (χ3v) is 10.5. The number of hydrogen-bond acceptors (Lipinski definition) is 3. The number of para-hydroxylation sites is 4. The predicted molar refractivity (Wildman–Crippen MR) is 212 cm³/mol. The van der Waals surface area contributed by atoms with Crippen LogP contribution in [0, 0.1) is 0 Å². The summed E-state index contributed by atoms with van der Waals surface area (Å²) in [6.45, 7) is 13.4. The molecule has 10 rings (SSSR count). The first kappa shape index (κ1) is 29.9. The van der Waals surface area contributed by atoms with Crippen LogP contribution in [0.5, 0.6) is 0 Å². The molecule has 0 saturated heterocycles. The molecule has 0 atom stereocenters. The van der Waals surface area contributed by atoms with Gasteiger partial charge >= 0.3 is 0 Å². The van der Waals surface area contributed by atoms with Crippen molar-refractivity contribution >= 4 is 71.2 Å². The van der Waals surface area contributed by atoms with Crippen molar-refractivity contribution in [2.45, 2.75) is 52.4 Å². The summed E-state index contributed by atoms with van der Waals surface area (Å²) in [4.78, 5) is 15.4. The molecule has 5 aromatic heterocycles. The lowest BCUT2D eigenvalue weighted by molar-refractivity contribution is 0.542. The minimum Gasteiger partial charge on any atom is -0.309 e. The molecule has 6 heteroatoms. The second-order valence-electron chi connectivity index (χ2n) is 15.9. The molecule has 5 aromatic carbocycles. The molecule has 6 nitrogen and oxygen atoms in total. The van der Waals surface area contributed by atoms with E-state index in [1.807, 2.05) is 6.20 Å². The molecule has 0 bridgehead atoms. The molecule has 5 heterocycles. The van der Waals surface area contributed by atoms with Crippen LogP contribution in [0.1, 0.15) is 52.9 Å². The maximum atomic E-state index is 5.28. The molecule has 0 aliphatic rings. The number of aromatic nitrogens is 6. The summed E-state index contributed by atoms with van der Waals surface area (Å²) in [5.74, 6) is 1.93. The first-order valence-corrected chi connectivity index (χ1v) is 17.7. The van der Waals surface area contributed by atoms with Gasteiger partial charge in [0.05, 0.1) is 38.6 Å². The average molecular weight is 663 g/mol. The van der Waals surface area contributed by atoms with Crippen LogP contribution in [0.3, 0.4) is 0 Å². The first-order chi connectivity index (χ1) is 24.6. The van der Waals surface area contributed by atoms with Crippen molar-refractivity contribution < 1.29 is 0 Å². The molecular weight excluding hydrogens is 625 g/mol. The minimum atomic E-state index is -0.174. The lowest BCUT2D eigenvalue weighted by Gasteiger charge is -2.21. The van der Waals surface area contributed by atoms with E-state index in [0.717, 1.165) is 67.0 Å². The highest BCUT2D eigenvalue weighted by atomic mass is 15.1. The molecule has 0 N–H and O–H groups in total. The third-order valence-electron chi connectivity index (χ3n) is 10.5. The van der Waals surface area contributed by atoms with Crippen molar-refractivity contribution in [1.29, 1.82) is 0 Å². The third kappa shape index (κ3) is 4.32. The summed E-state index contributed by atoms with van der Waals surface area (Å²) < 4.78 is 6.99. The highest BCUT2D eigenvalue weighted by molar-refractivity contribution is 6.19. The summed E-state index contributed by atoms with van der Waals surface area (Å²) in [5.41, 5.74) is 10.7. The van der Waals surface area contributed by atoms with E-state index in [1.165, 1.54) is 27.1 Å². The Hall–Kier alpha value is -6.01. The largest absolute Gasteiger partial charge is 0.309 e. The number of pyridine rings is 1. The van der Waals surface area contributed by atoms with Gasteiger partial charge in [0.2, 0.25) is 0 Å². The maximum absolute atomic E-state index is 5.28. The number of fused-ring (bicyclic) bond motifs is 11. The molecule has 0 amide bonds. The minimum absolute atomic E-state index is 0.000836. The van der Waals surface area contributed by atoms with Gasteiger partial charge in [0.25, 0.3) is 0 Å². The number of nitrogens with zero attached hydrogens (tertiary/aromatic N) is 6. The monoisotopic (exact) mass is 662 g/mol. The van der Waals surface area contributed by atoms with E-state index in [4.69, 9.17) is 15.0 Å². The fraction of sp³-hybridized carbons (Fsp3) is 0.178. The lowest BCUT2D eigenvalue weighted by Crippen LogP contribution is -2.19. The van der Waals surface area contributed by atoms with E-state index in [-0.39, 0.29) is 10.8 Å². The highest BCUT2D eigenvalue weighted by Crippen LogP contribution is 2.40. The first-order valence-electron chi connectivity index (χ1n) is 17.7. The van der Waals surface area contributed by atoms with Gasteiger partial charge in [-0.25, -0.2) is 15.0 Å². The molecular formula is C45H38N6. The van der Waals surface area contributed by atoms with Gasteiger partial charge in [-0.1, -0.05) is 90.1 Å². The van der Waals surface area contributed by atoms with Gasteiger partial charge in [-0.15, -0.1) is 0 Å². The van der Waals surface area contributed by atoms with Crippen molar-refractivity contribution in [3.8, 4) is 11.5 Å². The quantitative estimate of drug-likeness (QED) is 0.185. The van der Waals surface area contributed by atoms with Gasteiger partial charge < -0.3 is 4.57 Å². The van der Waals surface area contributed by atoms with E-state index in [9.17, 15) is 0 Å².